The average molecular weight is 282 g/mol. The van der Waals surface area contributed by atoms with Crippen LogP contribution in [0, 0.1) is 6.92 Å². The molecule has 0 unspecified atom stereocenters. The molecule has 8 heteroatoms. The standard InChI is InChI=1S/C11H10N2O5S/c1-8-3-2-4-9(11-13-18-6-5-17-11)10(8)19(15,16)12-7-14/h2-4H,5-6H2,1H3. The second kappa shape index (κ2) is 5.21. The zero-order valence-corrected chi connectivity index (χ0v) is 10.8. The van der Waals surface area contributed by atoms with Gasteiger partial charge in [0.25, 0.3) is 22.0 Å². The van der Waals surface area contributed by atoms with Crippen molar-refractivity contribution in [2.45, 2.75) is 11.8 Å². The molecular formula is C11H10N2O5S. The van der Waals surface area contributed by atoms with E-state index in [1.54, 1.807) is 19.1 Å². The minimum atomic E-state index is -4.14. The maximum atomic E-state index is 11.9. The first-order chi connectivity index (χ1) is 9.06. The van der Waals surface area contributed by atoms with E-state index < -0.39 is 10.0 Å². The molecule has 0 atom stereocenters. The Kier molecular flexibility index (Phi) is 3.64. The van der Waals surface area contributed by atoms with Crippen molar-refractivity contribution >= 4 is 22.0 Å². The summed E-state index contributed by atoms with van der Waals surface area (Å²) in [5, 5.41) is 3.66. The van der Waals surface area contributed by atoms with Gasteiger partial charge in [-0.2, -0.15) is 8.42 Å². The summed E-state index contributed by atoms with van der Waals surface area (Å²) in [5.74, 6) is 0.0506. The van der Waals surface area contributed by atoms with Crippen molar-refractivity contribution in [3.63, 3.8) is 0 Å². The first-order valence-electron chi connectivity index (χ1n) is 5.33. The van der Waals surface area contributed by atoms with Gasteiger partial charge in [-0.1, -0.05) is 16.5 Å². The third-order valence-electron chi connectivity index (χ3n) is 2.42. The van der Waals surface area contributed by atoms with Gasteiger partial charge in [0.15, 0.2) is 6.61 Å². The van der Waals surface area contributed by atoms with E-state index >= 15 is 0 Å². The van der Waals surface area contributed by atoms with Gasteiger partial charge in [-0.15, -0.1) is 0 Å². The number of aryl methyl sites for hydroxylation is 1. The Balaban J connectivity index is 2.66. The Morgan fingerprint density at radius 3 is 2.79 bits per heavy atom. The Labute approximate surface area is 109 Å². The molecule has 1 heterocycles. The summed E-state index contributed by atoms with van der Waals surface area (Å²) in [5.41, 5.74) is 0.632. The highest BCUT2D eigenvalue weighted by atomic mass is 32.2. The zero-order chi connectivity index (χ0) is 13.9. The SMILES string of the molecule is Cc1cccc(C2=NOCCO2)c1S(=O)(=O)N=C=O. The molecule has 0 aromatic heterocycles. The second-order valence-electron chi connectivity index (χ2n) is 3.69. The molecule has 0 aliphatic carbocycles. The van der Waals surface area contributed by atoms with E-state index in [-0.39, 0.29) is 23.0 Å². The lowest BCUT2D eigenvalue weighted by Crippen LogP contribution is -2.20. The molecule has 0 bridgehead atoms. The molecule has 0 saturated carbocycles. The molecule has 2 rings (SSSR count). The number of hydrogen-bond acceptors (Lipinski definition) is 6. The first kappa shape index (κ1) is 13.3. The summed E-state index contributed by atoms with van der Waals surface area (Å²) in [6.45, 7) is 2.15. The molecule has 1 aromatic carbocycles. The van der Waals surface area contributed by atoms with Crippen LogP contribution in [0.1, 0.15) is 11.1 Å². The maximum absolute atomic E-state index is 11.9. The van der Waals surface area contributed by atoms with Crippen LogP contribution >= 0.6 is 0 Å². The summed E-state index contributed by atoms with van der Waals surface area (Å²) < 4.78 is 32.0. The van der Waals surface area contributed by atoms with E-state index in [1.807, 2.05) is 0 Å². The maximum Gasteiger partial charge on any atom is 0.293 e. The highest BCUT2D eigenvalue weighted by Gasteiger charge is 2.25. The molecule has 1 aliphatic rings. The van der Waals surface area contributed by atoms with Crippen LogP contribution in [-0.2, 0) is 24.4 Å². The Morgan fingerprint density at radius 2 is 2.16 bits per heavy atom. The first-order valence-corrected chi connectivity index (χ1v) is 6.77. The number of nitrogens with zero attached hydrogens (tertiary/aromatic N) is 2. The monoisotopic (exact) mass is 282 g/mol. The van der Waals surface area contributed by atoms with Gasteiger partial charge in [0.05, 0.1) is 5.56 Å². The molecule has 0 saturated heterocycles. The molecule has 0 amide bonds. The zero-order valence-electron chi connectivity index (χ0n) is 9.99. The largest absolute Gasteiger partial charge is 0.471 e. The van der Waals surface area contributed by atoms with Crippen molar-refractivity contribution in [2.75, 3.05) is 13.2 Å². The number of rotatable bonds is 3. The van der Waals surface area contributed by atoms with Crippen LogP contribution in [0.4, 0.5) is 0 Å². The Morgan fingerprint density at radius 1 is 1.37 bits per heavy atom. The number of isocyanates is 1. The molecule has 100 valence electrons. The molecule has 7 nitrogen and oxygen atoms in total. The van der Waals surface area contributed by atoms with Crippen LogP contribution in [0.25, 0.3) is 0 Å². The third-order valence-corrected chi connectivity index (χ3v) is 3.79. The van der Waals surface area contributed by atoms with E-state index in [0.29, 0.717) is 12.2 Å². The van der Waals surface area contributed by atoms with Gasteiger partial charge in [-0.25, -0.2) is 4.79 Å². The minimum absolute atomic E-state index is 0.0506. The molecule has 0 fully saturated rings. The highest BCUT2D eigenvalue weighted by molar-refractivity contribution is 7.90. The molecule has 0 spiro atoms. The quantitative estimate of drug-likeness (QED) is 0.601. The van der Waals surface area contributed by atoms with Crippen LogP contribution in [0.3, 0.4) is 0 Å². The topological polar surface area (TPSA) is 94.4 Å². The van der Waals surface area contributed by atoms with Crippen molar-refractivity contribution in [1.29, 1.82) is 0 Å². The number of sulfonamides is 1. The number of ether oxygens (including phenoxy) is 1. The van der Waals surface area contributed by atoms with Gasteiger partial charge >= 0.3 is 0 Å². The van der Waals surface area contributed by atoms with E-state index in [1.165, 1.54) is 6.07 Å². The van der Waals surface area contributed by atoms with E-state index in [9.17, 15) is 13.2 Å². The van der Waals surface area contributed by atoms with Gasteiger partial charge in [0, 0.05) is 0 Å². The lowest BCUT2D eigenvalue weighted by atomic mass is 10.1. The summed E-state index contributed by atoms with van der Waals surface area (Å²) >= 11 is 0. The van der Waals surface area contributed by atoms with E-state index in [4.69, 9.17) is 9.57 Å². The minimum Gasteiger partial charge on any atom is -0.471 e. The van der Waals surface area contributed by atoms with Gasteiger partial charge in [-0.3, -0.25) is 0 Å². The molecule has 19 heavy (non-hydrogen) atoms. The van der Waals surface area contributed by atoms with Crippen LogP contribution in [-0.4, -0.2) is 33.6 Å². The van der Waals surface area contributed by atoms with E-state index in [0.717, 1.165) is 6.08 Å². The molecule has 1 aromatic rings. The van der Waals surface area contributed by atoms with Crippen molar-refractivity contribution in [1.82, 2.24) is 0 Å². The molecule has 1 aliphatic heterocycles. The molecular weight excluding hydrogens is 272 g/mol. The lowest BCUT2D eigenvalue weighted by molar-refractivity contribution is 0.0653. The Hall–Kier alpha value is -2.18. The van der Waals surface area contributed by atoms with Crippen LogP contribution in [0.2, 0.25) is 0 Å². The average Bonchev–Trinajstić information content (AvgIpc) is 2.39. The van der Waals surface area contributed by atoms with Crippen molar-refractivity contribution in [3.8, 4) is 0 Å². The summed E-state index contributed by atoms with van der Waals surface area (Å²) in [4.78, 5) is 15.0. The number of oxime groups is 1. The van der Waals surface area contributed by atoms with Gasteiger partial charge in [0.1, 0.15) is 11.5 Å². The van der Waals surface area contributed by atoms with Crippen molar-refractivity contribution in [3.05, 3.63) is 29.3 Å². The van der Waals surface area contributed by atoms with Gasteiger partial charge in [0.2, 0.25) is 0 Å². The van der Waals surface area contributed by atoms with Gasteiger partial charge < -0.3 is 9.57 Å². The predicted molar refractivity (Wildman–Crippen MR) is 64.9 cm³/mol. The van der Waals surface area contributed by atoms with E-state index in [2.05, 4.69) is 9.55 Å². The number of carbonyl (C=O) groups excluding carboxylic acids is 1. The predicted octanol–water partition coefficient (Wildman–Crippen LogP) is 0.728. The number of hydrogen-bond donors (Lipinski definition) is 0. The van der Waals surface area contributed by atoms with Crippen LogP contribution in [0.5, 0.6) is 0 Å². The van der Waals surface area contributed by atoms with Crippen LogP contribution in [0.15, 0.2) is 32.6 Å². The summed E-state index contributed by atoms with van der Waals surface area (Å²) in [6.07, 6.45) is 1.04. The second-order valence-corrected chi connectivity index (χ2v) is 5.23. The van der Waals surface area contributed by atoms with Crippen molar-refractivity contribution in [2.24, 2.45) is 9.55 Å². The molecule has 0 N–H and O–H groups in total. The molecule has 0 radical (unpaired) electrons. The van der Waals surface area contributed by atoms with Gasteiger partial charge in [-0.05, 0) is 23.7 Å². The lowest BCUT2D eigenvalue weighted by Gasteiger charge is -2.16. The van der Waals surface area contributed by atoms with Crippen molar-refractivity contribution < 1.29 is 22.8 Å². The third kappa shape index (κ3) is 2.64. The normalized spacial score (nSPS) is 14.7. The Bertz CT molecular complexity index is 674. The summed E-state index contributed by atoms with van der Waals surface area (Å²) in [7, 11) is -4.14. The number of benzene rings is 1. The summed E-state index contributed by atoms with van der Waals surface area (Å²) in [6, 6.07) is 4.74. The fraction of sp³-hybridized carbons (Fsp3) is 0.273. The fourth-order valence-electron chi connectivity index (χ4n) is 1.69. The smallest absolute Gasteiger partial charge is 0.293 e. The van der Waals surface area contributed by atoms with Crippen LogP contribution < -0.4 is 0 Å². The fourth-order valence-corrected chi connectivity index (χ4v) is 2.79. The highest BCUT2D eigenvalue weighted by Crippen LogP contribution is 2.24.